The van der Waals surface area contributed by atoms with E-state index in [0.29, 0.717) is 0 Å². The van der Waals surface area contributed by atoms with Crippen LogP contribution in [0.3, 0.4) is 0 Å². The van der Waals surface area contributed by atoms with Gasteiger partial charge in [0.05, 0.1) is 5.69 Å². The van der Waals surface area contributed by atoms with Gasteiger partial charge in [-0.25, -0.2) is 4.98 Å². The Balaban J connectivity index is 1.29. The SMILES string of the molecule is C=C/C=C(/c1ccncc1)c1cc(-c2n[nH]c3ncc(-c4cncc(CNCc5ccccc5)c4)cc23)[nH]c1C. The lowest BCUT2D eigenvalue weighted by molar-refractivity contribution is 0.691. The van der Waals surface area contributed by atoms with E-state index < -0.39 is 0 Å². The molecule has 0 aliphatic carbocycles. The van der Waals surface area contributed by atoms with Crippen molar-refractivity contribution in [3.05, 3.63) is 138 Å². The molecule has 0 saturated carbocycles. The van der Waals surface area contributed by atoms with Gasteiger partial charge in [-0.3, -0.25) is 15.1 Å². The predicted molar refractivity (Wildman–Crippen MR) is 160 cm³/mol. The molecule has 40 heavy (non-hydrogen) atoms. The summed E-state index contributed by atoms with van der Waals surface area (Å²) >= 11 is 0. The second-order valence-corrected chi connectivity index (χ2v) is 9.64. The summed E-state index contributed by atoms with van der Waals surface area (Å²) in [7, 11) is 0. The minimum Gasteiger partial charge on any atom is -0.357 e. The molecule has 196 valence electrons. The van der Waals surface area contributed by atoms with E-state index in [-0.39, 0.29) is 0 Å². The van der Waals surface area contributed by atoms with Crippen molar-refractivity contribution in [2.24, 2.45) is 0 Å². The van der Waals surface area contributed by atoms with Crippen LogP contribution >= 0.6 is 0 Å². The molecule has 0 aliphatic rings. The molecule has 7 nitrogen and oxygen atoms in total. The number of nitrogens with one attached hydrogen (secondary N) is 3. The number of aromatic amines is 2. The average molecular weight is 524 g/mol. The zero-order valence-electron chi connectivity index (χ0n) is 22.2. The molecule has 1 aromatic carbocycles. The Hall–Kier alpha value is -5.14. The van der Waals surface area contributed by atoms with Crippen LogP contribution in [0.4, 0.5) is 0 Å². The van der Waals surface area contributed by atoms with Gasteiger partial charge in [0.1, 0.15) is 5.69 Å². The summed E-state index contributed by atoms with van der Waals surface area (Å²) in [5.41, 5.74) is 11.1. The van der Waals surface area contributed by atoms with Gasteiger partial charge in [0.15, 0.2) is 5.65 Å². The van der Waals surface area contributed by atoms with E-state index in [1.165, 1.54) is 5.56 Å². The molecule has 0 bridgehead atoms. The van der Waals surface area contributed by atoms with Crippen molar-refractivity contribution in [1.29, 1.82) is 0 Å². The number of aromatic nitrogens is 6. The number of benzene rings is 1. The van der Waals surface area contributed by atoms with Gasteiger partial charge in [-0.2, -0.15) is 5.10 Å². The third-order valence-corrected chi connectivity index (χ3v) is 6.88. The number of H-pyrrole nitrogens is 2. The van der Waals surface area contributed by atoms with E-state index >= 15 is 0 Å². The lowest BCUT2D eigenvalue weighted by atomic mass is 9.98. The highest BCUT2D eigenvalue weighted by Crippen LogP contribution is 2.33. The second kappa shape index (κ2) is 11.3. The van der Waals surface area contributed by atoms with Gasteiger partial charge in [-0.05, 0) is 59.5 Å². The number of allylic oxidation sites excluding steroid dienone is 2. The molecule has 6 rings (SSSR count). The minimum absolute atomic E-state index is 0.727. The molecule has 0 fully saturated rings. The zero-order valence-corrected chi connectivity index (χ0v) is 22.2. The molecule has 0 aliphatic heterocycles. The lowest BCUT2D eigenvalue weighted by Gasteiger charge is -2.07. The van der Waals surface area contributed by atoms with Crippen LogP contribution in [0.1, 0.15) is 27.9 Å². The molecule has 7 heteroatoms. The van der Waals surface area contributed by atoms with Crippen LogP contribution in [0.5, 0.6) is 0 Å². The first-order valence-electron chi connectivity index (χ1n) is 13.2. The number of aryl methyl sites for hydroxylation is 1. The standard InChI is InChI=1S/C33H29N7/c1-3-7-28(25-10-12-34-13-11-25)29-16-31(38-22(29)2)32-30-15-27(21-37-33(30)40-39-32)26-14-24(19-36-20-26)18-35-17-23-8-5-4-6-9-23/h3-16,19-21,35,38H,1,17-18H2,2H3,(H,37,39,40)/b28-7-. The van der Waals surface area contributed by atoms with Crippen molar-refractivity contribution in [2.75, 3.05) is 0 Å². The maximum Gasteiger partial charge on any atom is 0.155 e. The Bertz CT molecular complexity index is 1800. The van der Waals surface area contributed by atoms with Gasteiger partial charge in [-0.1, -0.05) is 49.1 Å². The smallest absolute Gasteiger partial charge is 0.155 e. The predicted octanol–water partition coefficient (Wildman–Crippen LogP) is 6.63. The van der Waals surface area contributed by atoms with E-state index in [2.05, 4.69) is 91.4 Å². The Morgan fingerprint density at radius 3 is 2.52 bits per heavy atom. The molecule has 0 radical (unpaired) electrons. The minimum atomic E-state index is 0.727. The van der Waals surface area contributed by atoms with Crippen molar-refractivity contribution in [1.82, 2.24) is 35.5 Å². The quantitative estimate of drug-likeness (QED) is 0.185. The van der Waals surface area contributed by atoms with Crippen LogP contribution < -0.4 is 5.32 Å². The molecule has 3 N–H and O–H groups in total. The first-order valence-corrected chi connectivity index (χ1v) is 13.2. The van der Waals surface area contributed by atoms with Crippen molar-refractivity contribution < 1.29 is 0 Å². The van der Waals surface area contributed by atoms with Gasteiger partial charge in [0, 0.05) is 71.8 Å². The van der Waals surface area contributed by atoms with Crippen LogP contribution in [0.15, 0.2) is 110 Å². The Morgan fingerprint density at radius 1 is 0.900 bits per heavy atom. The van der Waals surface area contributed by atoms with Crippen LogP contribution in [0.2, 0.25) is 0 Å². The van der Waals surface area contributed by atoms with Crippen LogP contribution in [-0.4, -0.2) is 30.1 Å². The Morgan fingerprint density at radius 2 is 1.70 bits per heavy atom. The molecule has 0 amide bonds. The van der Waals surface area contributed by atoms with Crippen molar-refractivity contribution in [2.45, 2.75) is 20.0 Å². The molecule has 6 aromatic rings. The second-order valence-electron chi connectivity index (χ2n) is 9.64. The van der Waals surface area contributed by atoms with Crippen molar-refractivity contribution in [3.8, 4) is 22.5 Å². The summed E-state index contributed by atoms with van der Waals surface area (Å²) in [6.07, 6.45) is 13.1. The number of nitrogens with zero attached hydrogens (tertiary/aromatic N) is 4. The van der Waals surface area contributed by atoms with Gasteiger partial charge in [0.25, 0.3) is 0 Å². The molecule has 5 aromatic heterocycles. The van der Waals surface area contributed by atoms with E-state index in [9.17, 15) is 0 Å². The Kier molecular flexibility index (Phi) is 7.11. The monoisotopic (exact) mass is 523 g/mol. The number of hydrogen-bond acceptors (Lipinski definition) is 5. The van der Waals surface area contributed by atoms with Crippen molar-refractivity contribution >= 4 is 16.6 Å². The van der Waals surface area contributed by atoms with E-state index in [1.54, 1.807) is 18.5 Å². The van der Waals surface area contributed by atoms with Gasteiger partial charge >= 0.3 is 0 Å². The third kappa shape index (κ3) is 5.23. The highest BCUT2D eigenvalue weighted by molar-refractivity contribution is 5.94. The fraction of sp³-hybridized carbons (Fsp3) is 0.0909. The maximum absolute atomic E-state index is 4.67. The average Bonchev–Trinajstić information content (AvgIpc) is 3.60. The first-order chi connectivity index (χ1) is 19.7. The highest BCUT2D eigenvalue weighted by Gasteiger charge is 2.17. The number of pyridine rings is 3. The first kappa shape index (κ1) is 25.2. The fourth-order valence-corrected chi connectivity index (χ4v) is 4.91. The summed E-state index contributed by atoms with van der Waals surface area (Å²) in [5.74, 6) is 0. The van der Waals surface area contributed by atoms with Gasteiger partial charge in [0.2, 0.25) is 0 Å². The third-order valence-electron chi connectivity index (χ3n) is 6.88. The maximum atomic E-state index is 4.67. The number of hydrogen-bond donors (Lipinski definition) is 3. The lowest BCUT2D eigenvalue weighted by Crippen LogP contribution is -2.12. The van der Waals surface area contributed by atoms with E-state index in [0.717, 1.165) is 74.6 Å². The van der Waals surface area contributed by atoms with Crippen LogP contribution in [0, 0.1) is 6.92 Å². The van der Waals surface area contributed by atoms with Gasteiger partial charge in [-0.15, -0.1) is 0 Å². The summed E-state index contributed by atoms with van der Waals surface area (Å²) in [6, 6.07) is 20.8. The normalized spacial score (nSPS) is 11.7. The summed E-state index contributed by atoms with van der Waals surface area (Å²) in [5, 5.41) is 12.2. The number of rotatable bonds is 9. The van der Waals surface area contributed by atoms with Crippen LogP contribution in [0.25, 0.3) is 39.1 Å². The highest BCUT2D eigenvalue weighted by atomic mass is 15.2. The molecule has 0 atom stereocenters. The molecular weight excluding hydrogens is 494 g/mol. The summed E-state index contributed by atoms with van der Waals surface area (Å²) in [6.45, 7) is 7.52. The molecule has 0 unspecified atom stereocenters. The van der Waals surface area contributed by atoms with E-state index in [4.69, 9.17) is 0 Å². The van der Waals surface area contributed by atoms with Crippen LogP contribution in [-0.2, 0) is 13.1 Å². The summed E-state index contributed by atoms with van der Waals surface area (Å²) in [4.78, 5) is 16.9. The Labute approximate surface area is 232 Å². The molecule has 0 saturated heterocycles. The zero-order chi connectivity index (χ0) is 27.3. The topological polar surface area (TPSA) is 95.2 Å². The van der Waals surface area contributed by atoms with Crippen molar-refractivity contribution in [3.63, 3.8) is 0 Å². The summed E-state index contributed by atoms with van der Waals surface area (Å²) < 4.78 is 0. The molecule has 0 spiro atoms. The van der Waals surface area contributed by atoms with Gasteiger partial charge < -0.3 is 10.3 Å². The largest absolute Gasteiger partial charge is 0.357 e. The molecular formula is C33H29N7. The molecule has 5 heterocycles. The van der Waals surface area contributed by atoms with E-state index in [1.807, 2.05) is 42.9 Å². The number of fused-ring (bicyclic) bond motifs is 1. The fourth-order valence-electron chi connectivity index (χ4n) is 4.91.